The monoisotopic (exact) mass is 323 g/mol. The van der Waals surface area contributed by atoms with Crippen molar-refractivity contribution in [3.05, 3.63) is 0 Å². The fourth-order valence-corrected chi connectivity index (χ4v) is 6.32. The minimum atomic E-state index is -0.0544. The summed E-state index contributed by atoms with van der Waals surface area (Å²) in [6, 6.07) is 0.510. The zero-order chi connectivity index (χ0) is 17.0. The molecule has 134 valence electrons. The Bertz CT molecular complexity index is 437. The van der Waals surface area contributed by atoms with Crippen molar-refractivity contribution in [3.63, 3.8) is 0 Å². The second kappa shape index (κ2) is 6.00. The molecule has 3 aliphatic rings. The number of aliphatic hydroxyl groups excluding tert-OH is 1. The molecule has 0 unspecified atom stereocenters. The van der Waals surface area contributed by atoms with Gasteiger partial charge in [-0.2, -0.15) is 5.06 Å². The molecule has 1 heterocycles. The topological polar surface area (TPSA) is 32.7 Å². The average Bonchev–Trinajstić information content (AvgIpc) is 2.89. The van der Waals surface area contributed by atoms with Crippen LogP contribution in [0.4, 0.5) is 0 Å². The van der Waals surface area contributed by atoms with Crippen molar-refractivity contribution in [2.24, 2.45) is 29.1 Å². The highest BCUT2D eigenvalue weighted by Gasteiger charge is 2.53. The van der Waals surface area contributed by atoms with Crippen molar-refractivity contribution >= 4 is 0 Å². The Morgan fingerprint density at radius 1 is 1.22 bits per heavy atom. The number of rotatable bonds is 3. The molecule has 0 aromatic heterocycles. The van der Waals surface area contributed by atoms with E-state index in [-0.39, 0.29) is 11.7 Å². The van der Waals surface area contributed by atoms with Gasteiger partial charge in [-0.1, -0.05) is 27.2 Å². The summed E-state index contributed by atoms with van der Waals surface area (Å²) in [5.74, 6) is 2.54. The van der Waals surface area contributed by atoms with Crippen LogP contribution in [0, 0.1) is 29.1 Å². The summed E-state index contributed by atoms with van der Waals surface area (Å²) in [6.45, 7) is 11.7. The molecule has 0 aromatic rings. The molecule has 0 bridgehead atoms. The first-order valence-corrected chi connectivity index (χ1v) is 9.77. The van der Waals surface area contributed by atoms with Crippen molar-refractivity contribution < 1.29 is 9.94 Å². The van der Waals surface area contributed by atoms with E-state index >= 15 is 0 Å². The van der Waals surface area contributed by atoms with Crippen molar-refractivity contribution in [3.8, 4) is 0 Å². The Kier molecular flexibility index (Phi) is 4.61. The van der Waals surface area contributed by atoms with Crippen LogP contribution in [0.15, 0.2) is 0 Å². The lowest BCUT2D eigenvalue weighted by molar-refractivity contribution is -0.180. The number of nitrogens with zero attached hydrogens (tertiary/aromatic N) is 1. The lowest BCUT2D eigenvalue weighted by Gasteiger charge is -2.45. The Labute approximate surface area is 142 Å². The summed E-state index contributed by atoms with van der Waals surface area (Å²) in [6.07, 6.45) is 7.21. The zero-order valence-electron chi connectivity index (χ0n) is 16.0. The number of fused-ring (bicyclic) bond motifs is 1. The normalized spacial score (nSPS) is 48.4. The van der Waals surface area contributed by atoms with Gasteiger partial charge in [0, 0.05) is 19.0 Å². The van der Waals surface area contributed by atoms with Gasteiger partial charge in [0.05, 0.1) is 11.7 Å². The molecule has 3 rings (SSSR count). The summed E-state index contributed by atoms with van der Waals surface area (Å²) < 4.78 is 0. The van der Waals surface area contributed by atoms with E-state index < -0.39 is 0 Å². The maximum Gasteiger partial charge on any atom is 0.0884 e. The molecule has 3 fully saturated rings. The zero-order valence-corrected chi connectivity index (χ0v) is 16.0. The van der Waals surface area contributed by atoms with E-state index in [0.29, 0.717) is 29.2 Å². The van der Waals surface area contributed by atoms with Gasteiger partial charge in [-0.15, -0.1) is 0 Å². The maximum atomic E-state index is 10.5. The third-order valence-electron chi connectivity index (χ3n) is 7.98. The Hall–Kier alpha value is -0.120. The molecule has 2 saturated carbocycles. The van der Waals surface area contributed by atoms with Gasteiger partial charge in [0.25, 0.3) is 0 Å². The summed E-state index contributed by atoms with van der Waals surface area (Å²) in [5, 5.41) is 12.6. The highest BCUT2D eigenvalue weighted by atomic mass is 16.7. The fraction of sp³-hybridized carbons (Fsp3) is 1.00. The van der Waals surface area contributed by atoms with Gasteiger partial charge in [-0.3, -0.25) is 4.84 Å². The molecular formula is C20H37NO2. The average molecular weight is 324 g/mol. The molecule has 0 spiro atoms. The summed E-state index contributed by atoms with van der Waals surface area (Å²) >= 11 is 0. The van der Waals surface area contributed by atoms with Crippen LogP contribution in [-0.2, 0) is 4.84 Å². The van der Waals surface area contributed by atoms with Gasteiger partial charge < -0.3 is 5.11 Å². The van der Waals surface area contributed by atoms with Crippen LogP contribution in [0.5, 0.6) is 0 Å². The predicted octanol–water partition coefficient (Wildman–Crippen LogP) is 4.25. The van der Waals surface area contributed by atoms with Crippen LogP contribution in [0.1, 0.15) is 73.1 Å². The molecule has 1 N–H and O–H groups in total. The van der Waals surface area contributed by atoms with Crippen molar-refractivity contribution in [2.75, 3.05) is 7.05 Å². The van der Waals surface area contributed by atoms with E-state index in [1.807, 2.05) is 0 Å². The molecule has 1 saturated heterocycles. The Morgan fingerprint density at radius 3 is 2.52 bits per heavy atom. The van der Waals surface area contributed by atoms with Gasteiger partial charge in [-0.25, -0.2) is 0 Å². The summed E-state index contributed by atoms with van der Waals surface area (Å²) in [5.41, 5.74) is 0.302. The van der Waals surface area contributed by atoms with E-state index in [2.05, 4.69) is 46.7 Å². The van der Waals surface area contributed by atoms with Crippen molar-refractivity contribution in [1.29, 1.82) is 0 Å². The van der Waals surface area contributed by atoms with Crippen molar-refractivity contribution in [2.45, 2.75) is 90.9 Å². The Morgan fingerprint density at radius 2 is 1.91 bits per heavy atom. The first kappa shape index (κ1) is 17.7. The minimum absolute atomic E-state index is 0.0533. The molecular weight excluding hydrogens is 286 g/mol. The Balaban J connectivity index is 1.70. The SMILES string of the molecule is C[C@H](C[C@H]1[C@H](C)C(C)(C)ON1C)[C@H]1CC[C@@H]2[C@@H](O)CCC[C@]12C. The minimum Gasteiger partial charge on any atom is -0.393 e. The molecule has 23 heavy (non-hydrogen) atoms. The van der Waals surface area contributed by atoms with Crippen LogP contribution in [0.3, 0.4) is 0 Å². The highest BCUT2D eigenvalue weighted by molar-refractivity contribution is 5.02. The molecule has 3 heteroatoms. The van der Waals surface area contributed by atoms with Gasteiger partial charge in [0.1, 0.15) is 0 Å². The molecule has 2 aliphatic carbocycles. The summed E-state index contributed by atoms with van der Waals surface area (Å²) in [7, 11) is 2.10. The number of hydroxylamine groups is 2. The first-order chi connectivity index (χ1) is 10.7. The lowest BCUT2D eigenvalue weighted by Crippen LogP contribution is -2.42. The number of aliphatic hydroxyl groups is 1. The second-order valence-corrected chi connectivity index (χ2v) is 9.57. The van der Waals surface area contributed by atoms with Crippen LogP contribution in [-0.4, -0.2) is 35.0 Å². The van der Waals surface area contributed by atoms with E-state index in [9.17, 15) is 5.11 Å². The predicted molar refractivity (Wildman–Crippen MR) is 93.8 cm³/mol. The van der Waals surface area contributed by atoms with Crippen molar-refractivity contribution in [1.82, 2.24) is 5.06 Å². The van der Waals surface area contributed by atoms with E-state index in [1.54, 1.807) is 0 Å². The van der Waals surface area contributed by atoms with E-state index in [4.69, 9.17) is 4.84 Å². The van der Waals surface area contributed by atoms with Crippen LogP contribution in [0.25, 0.3) is 0 Å². The highest BCUT2D eigenvalue weighted by Crippen LogP contribution is 2.58. The molecule has 7 atom stereocenters. The van der Waals surface area contributed by atoms with Crippen LogP contribution in [0.2, 0.25) is 0 Å². The molecule has 0 amide bonds. The standard InChI is InChI=1S/C20H37NO2/c1-13(12-17-14(2)19(3,4)23-21(17)6)15-9-10-16-18(22)8-7-11-20(15,16)5/h13-18,22H,7-12H2,1-6H3/t13-,14+,15-,16-,17+,18+,20-/m1/s1. The van der Waals surface area contributed by atoms with E-state index in [0.717, 1.165) is 12.3 Å². The third-order valence-corrected chi connectivity index (χ3v) is 7.98. The van der Waals surface area contributed by atoms with Crippen LogP contribution < -0.4 is 0 Å². The van der Waals surface area contributed by atoms with Gasteiger partial charge in [0.15, 0.2) is 0 Å². The smallest absolute Gasteiger partial charge is 0.0884 e. The maximum absolute atomic E-state index is 10.5. The second-order valence-electron chi connectivity index (χ2n) is 9.57. The molecule has 1 aliphatic heterocycles. The van der Waals surface area contributed by atoms with Gasteiger partial charge >= 0.3 is 0 Å². The third kappa shape index (κ3) is 2.87. The molecule has 3 nitrogen and oxygen atoms in total. The first-order valence-electron chi connectivity index (χ1n) is 9.77. The lowest BCUT2D eigenvalue weighted by atomic mass is 9.61. The van der Waals surface area contributed by atoms with Gasteiger partial charge in [0.2, 0.25) is 0 Å². The van der Waals surface area contributed by atoms with Gasteiger partial charge in [-0.05, 0) is 69.1 Å². The quantitative estimate of drug-likeness (QED) is 0.843. The molecule has 0 aromatic carbocycles. The summed E-state index contributed by atoms with van der Waals surface area (Å²) in [4.78, 5) is 6.08. The van der Waals surface area contributed by atoms with E-state index in [1.165, 1.54) is 32.1 Å². The fourth-order valence-electron chi connectivity index (χ4n) is 6.32. The van der Waals surface area contributed by atoms with Crippen LogP contribution >= 0.6 is 0 Å². The number of hydrogen-bond acceptors (Lipinski definition) is 3. The molecule has 0 radical (unpaired) electrons. The number of hydrogen-bond donors (Lipinski definition) is 1. The largest absolute Gasteiger partial charge is 0.393 e.